The zero-order chi connectivity index (χ0) is 109. The fraction of sp³-hybridized carbons (Fsp3) is 0.833. The van der Waals surface area contributed by atoms with Crippen LogP contribution in [0.25, 0.3) is 10.2 Å². The Kier molecular flexibility index (Phi) is 47.8. The van der Waals surface area contributed by atoms with E-state index in [1.165, 1.54) is 6.92 Å². The topological polar surface area (TPSA) is 782 Å². The molecule has 2 aromatic rings. The number of esters is 2. The SMILES string of the molecule is C=CC[C@H]1C(=O)C(C)(C)[C@@H](OC(=O)CCCCCN)CC(=O)O[C@H](c2ccc3sc(C)nc3c2)C[C@@H]2O[C@]2(C)CCC[C@H](C)[C@@H]1O.CCC(CSCC1O[C@@H]2O[C@@H]3C(CO)O[C@H](O[C@@H]4C(CO)O[C@H](O[C@@H]5C(CO)O[C@H](O[C@@H]6C(CSCC(CC(=O)CCOCCOCCC(C)=O)C(=O)O)O[C@H](O[C@@H]7C(CO)O[C@H](O[C@@H]8C(CO)O[C@H](O[C@H]1[C@H](O)C2O)C(O)[C@H]8O)C(O)[C@H]7O)C(O)[C@H]6O)C(O)[C@H]5O)C(O)[C@H]4O)C(O)[C@H]3O)C(=O)O. The number of aromatic nitrogens is 1. The highest BCUT2D eigenvalue weighted by Crippen LogP contribution is 2.49. The highest BCUT2D eigenvalue weighted by atomic mass is 32.2. The number of thiazole rings is 1. The zero-order valence-electron chi connectivity index (χ0n) is 83.8. The number of ether oxygens (including phenoxy) is 19. The number of thioether (sulfide) groups is 2. The summed E-state index contributed by atoms with van der Waals surface area (Å²) in [5, 5.41) is 249. The smallest absolute Gasteiger partial charge is 0.310 e. The lowest BCUT2D eigenvalue weighted by Crippen LogP contribution is -2.68. The summed E-state index contributed by atoms with van der Waals surface area (Å²) in [5.41, 5.74) is 5.60. The van der Waals surface area contributed by atoms with Gasteiger partial charge in [-0.05, 0) is 103 Å². The van der Waals surface area contributed by atoms with E-state index >= 15 is 0 Å². The van der Waals surface area contributed by atoms with Gasteiger partial charge in [0, 0.05) is 61.0 Å². The van der Waals surface area contributed by atoms with Crippen LogP contribution in [0.3, 0.4) is 0 Å². The summed E-state index contributed by atoms with van der Waals surface area (Å²) < 4.78 is 113. The number of carboxylic acid groups (broad SMARTS) is 2. The summed E-state index contributed by atoms with van der Waals surface area (Å²) in [6.45, 7) is 11.5. The Morgan fingerprint density at radius 2 is 0.926 bits per heavy atom. The second-order valence-electron chi connectivity index (χ2n) is 40.0. The molecule has 24 heterocycles. The minimum absolute atomic E-state index is 0.0656. The molecular formula is C96H150N2O48S3. The van der Waals surface area contributed by atoms with Crippen molar-refractivity contribution in [2.75, 3.05) is 89.0 Å². The van der Waals surface area contributed by atoms with Crippen LogP contribution in [0.2, 0.25) is 0 Å². The molecule has 23 saturated heterocycles. The van der Waals surface area contributed by atoms with Crippen molar-refractivity contribution < 1.29 is 236 Å². The van der Waals surface area contributed by atoms with Crippen LogP contribution in [0.15, 0.2) is 30.9 Å². The number of ketones is 3. The maximum Gasteiger partial charge on any atom is 0.310 e. The van der Waals surface area contributed by atoms with Crippen LogP contribution in [-0.2, 0) is 124 Å². The fourth-order valence-electron chi connectivity index (χ4n) is 19.4. The largest absolute Gasteiger partial charge is 0.481 e. The number of aryl methyl sites for hydroxylation is 1. The molecule has 44 atom stereocenters. The maximum absolute atomic E-state index is 14.2. The number of aliphatic hydroxyl groups is 20. The monoisotopic (exact) mass is 2190 g/mol. The Hall–Kier alpha value is -5.08. The van der Waals surface area contributed by atoms with Crippen molar-refractivity contribution >= 4 is 86.3 Å². The number of epoxide rings is 1. The van der Waals surface area contributed by atoms with Crippen molar-refractivity contribution in [2.45, 2.75) is 383 Å². The van der Waals surface area contributed by atoms with E-state index in [0.29, 0.717) is 25.8 Å². The minimum Gasteiger partial charge on any atom is -0.481 e. The van der Waals surface area contributed by atoms with Crippen molar-refractivity contribution in [3.63, 3.8) is 0 Å². The van der Waals surface area contributed by atoms with Gasteiger partial charge in [0.2, 0.25) is 0 Å². The first kappa shape index (κ1) is 124. The van der Waals surface area contributed by atoms with Gasteiger partial charge in [-0.1, -0.05) is 38.8 Å². The zero-order valence-corrected chi connectivity index (χ0v) is 86.3. The molecule has 16 unspecified atom stereocenters. The first-order valence-electron chi connectivity index (χ1n) is 50.3. The first-order chi connectivity index (χ1) is 70.8. The van der Waals surface area contributed by atoms with Crippen LogP contribution >= 0.6 is 34.9 Å². The molecule has 25 rings (SSSR count). The van der Waals surface area contributed by atoms with E-state index < -0.39 is 331 Å². The predicted molar refractivity (Wildman–Crippen MR) is 512 cm³/mol. The van der Waals surface area contributed by atoms with Crippen LogP contribution in [-0.4, -0.2) is 486 Å². The fourth-order valence-corrected chi connectivity index (χ4v) is 22.7. The molecule has 23 fully saturated rings. The van der Waals surface area contributed by atoms with Gasteiger partial charge < -0.3 is 208 Å². The van der Waals surface area contributed by atoms with Crippen molar-refractivity contribution in [2.24, 2.45) is 34.8 Å². The minimum atomic E-state index is -2.31. The van der Waals surface area contributed by atoms with E-state index in [1.54, 1.807) is 38.2 Å². The van der Waals surface area contributed by atoms with E-state index in [4.69, 9.17) is 95.7 Å². The Morgan fingerprint density at radius 1 is 0.530 bits per heavy atom. The summed E-state index contributed by atoms with van der Waals surface area (Å²) in [7, 11) is 0. The van der Waals surface area contributed by atoms with Crippen LogP contribution in [0, 0.1) is 36.0 Å². The van der Waals surface area contributed by atoms with Gasteiger partial charge in [0.15, 0.2) is 44.0 Å². The number of cyclic esters (lactones) is 1. The standard InChI is InChI=1S/C60H98O41S2.C36H52N2O7S/c1-3-21(52(82)83)16-102-18-29-50-36(73)43(80)59(93-29)98-48-27(14-64)89-55(39(76)32(48)69)95-45-24(11-61)88-54(38(75)31(45)68)96-46-26(13-63)92-58(42(79)35(46)72)101-51-30(19-103-17-22(53(84)85)10-23(67)5-7-87-9-8-86-6-4-20(2)66)94-60(44(81)37(51)74)99-49-28(15-65)90-56(40(77)33(49)70)97-47-25(12-62)91-57(100-50)41(78)34(47)71;1-7-12-25-33(41)22(2)13-11-17-36(6)30(45-36)20-27(24-15-16-28-26(19-24)38-23(3)46-28)43-32(40)21-29(35(4,5)34(25)42)44-31(39)14-9-8-10-18-37/h21-22,24-51,54-65,68-81H,3-19H2,1-2H3,(H,82,83)(H,84,85);7,15-16,19,22,25,27,29-30,33,41H,1,8-14,17-18,20-21,37H2,2-6H3/t21?,22?,24?,25?,26?,27?,28?,29?,30?,31-,32-,33-,34-,35-,36-,37-,38?,39?,40?,41?,42?,43?,44?,45-,46-,47-,48-,49-,50-,51-,54-,55-,56-,57-,58-,59-,60-;22-,25+,27-,29-,30-,33-,36+/m10/s1. The molecule has 0 radical (unpaired) electrons. The van der Waals surface area contributed by atoms with Gasteiger partial charge in [0.1, 0.15) is 188 Å². The first-order valence-corrected chi connectivity index (χ1v) is 53.4. The molecule has 14 bridgehead atoms. The Labute approximate surface area is 871 Å². The Bertz CT molecular complexity index is 4530. The van der Waals surface area contributed by atoms with E-state index in [0.717, 1.165) is 70.0 Å². The van der Waals surface area contributed by atoms with Crippen molar-refractivity contribution in [3.05, 3.63) is 41.4 Å². The highest BCUT2D eigenvalue weighted by molar-refractivity contribution is 7.99. The Balaban J connectivity index is 0.000000380. The molecular weight excluding hydrogens is 2050 g/mol. The number of unbranched alkanes of at least 4 members (excludes halogenated alkanes) is 2. The van der Waals surface area contributed by atoms with E-state index in [9.17, 15) is 146 Å². The summed E-state index contributed by atoms with van der Waals surface area (Å²) in [6.07, 6.45) is -68.7. The number of allylic oxidation sites excluding steroid dienone is 1. The number of carbonyl (C=O) groups excluding carboxylic acids is 5. The summed E-state index contributed by atoms with van der Waals surface area (Å²) in [5.74, 6) is -9.00. The lowest BCUT2D eigenvalue weighted by molar-refractivity contribution is -0.395. The third-order valence-electron chi connectivity index (χ3n) is 28.7. The number of hydrogen-bond donors (Lipinski definition) is 23. The number of benzene rings is 1. The average molecular weight is 2200 g/mol. The molecule has 23 aliphatic rings. The van der Waals surface area contributed by atoms with E-state index in [-0.39, 0.29) is 111 Å². The molecule has 0 aliphatic carbocycles. The van der Waals surface area contributed by atoms with E-state index in [1.807, 2.05) is 32.0 Å². The van der Waals surface area contributed by atoms with Crippen molar-refractivity contribution in [1.29, 1.82) is 0 Å². The number of fused-ring (bicyclic) bond motifs is 2. The molecule has 23 aliphatic heterocycles. The number of aliphatic hydroxyl groups excluding tert-OH is 20. The number of carbonyl (C=O) groups is 7. The molecule has 24 N–H and O–H groups in total. The van der Waals surface area contributed by atoms with Gasteiger partial charge in [-0.15, -0.1) is 17.9 Å². The Morgan fingerprint density at radius 3 is 1.31 bits per heavy atom. The highest BCUT2D eigenvalue weighted by Gasteiger charge is 2.62. The van der Waals surface area contributed by atoms with Crippen LogP contribution < -0.4 is 5.73 Å². The summed E-state index contributed by atoms with van der Waals surface area (Å²) in [6, 6.07) is 5.92. The van der Waals surface area contributed by atoms with Crippen LogP contribution in [0.5, 0.6) is 0 Å². The quantitative estimate of drug-likeness (QED) is 0.0131. The van der Waals surface area contributed by atoms with Crippen molar-refractivity contribution in [3.8, 4) is 0 Å². The number of Topliss-reactive ketones (excluding diaryl/α,β-unsaturated/α-hetero) is 3. The van der Waals surface area contributed by atoms with Gasteiger partial charge in [-0.3, -0.25) is 33.6 Å². The van der Waals surface area contributed by atoms with Gasteiger partial charge in [0.25, 0.3) is 0 Å². The molecule has 50 nitrogen and oxygen atoms in total. The average Bonchev–Trinajstić information content (AvgIpc) is 1.71. The number of nitrogens with zero attached hydrogens (tertiary/aromatic N) is 1. The number of hydrogen-bond acceptors (Lipinski definition) is 51. The third-order valence-corrected chi connectivity index (χ3v) is 32.0. The van der Waals surface area contributed by atoms with Crippen LogP contribution in [0.4, 0.5) is 0 Å². The molecule has 1 aromatic heterocycles. The third kappa shape index (κ3) is 31.6. The van der Waals surface area contributed by atoms with Gasteiger partial charge in [-0.25, -0.2) is 4.98 Å². The number of aliphatic carboxylic acids is 2. The maximum atomic E-state index is 14.2. The van der Waals surface area contributed by atoms with Gasteiger partial charge in [0.05, 0.1) is 128 Å². The number of carboxylic acids is 2. The molecule has 0 amide bonds. The predicted octanol–water partition coefficient (Wildman–Crippen LogP) is -5.05. The number of nitrogens with two attached hydrogens (primary N) is 1. The normalized spacial score (nSPS) is 40.5. The van der Waals surface area contributed by atoms with Crippen LogP contribution in [0.1, 0.15) is 148 Å². The molecule has 0 spiro atoms. The second kappa shape index (κ2) is 57.4. The van der Waals surface area contributed by atoms with Gasteiger partial charge in [-0.2, -0.15) is 23.5 Å². The summed E-state index contributed by atoms with van der Waals surface area (Å²) >= 11 is 3.33. The summed E-state index contributed by atoms with van der Waals surface area (Å²) in [4.78, 5) is 94.5. The molecule has 1 aromatic carbocycles. The molecule has 850 valence electrons. The number of rotatable bonds is 36. The van der Waals surface area contributed by atoms with Crippen molar-refractivity contribution in [1.82, 2.24) is 4.98 Å². The molecule has 53 heteroatoms. The lowest BCUT2D eigenvalue weighted by atomic mass is 9.71. The lowest BCUT2D eigenvalue weighted by Gasteiger charge is -2.50. The second-order valence-corrected chi connectivity index (χ2v) is 43.3. The van der Waals surface area contributed by atoms with Gasteiger partial charge >= 0.3 is 23.9 Å². The van der Waals surface area contributed by atoms with E-state index in [2.05, 4.69) is 18.5 Å². The molecule has 149 heavy (non-hydrogen) atoms. The molecule has 0 saturated carbocycles.